The first-order valence-corrected chi connectivity index (χ1v) is 9.93. The van der Waals surface area contributed by atoms with Crippen LogP contribution in [0.2, 0.25) is 0 Å². The van der Waals surface area contributed by atoms with Gasteiger partial charge in [-0.1, -0.05) is 50.5 Å². The number of ether oxygens (including phenoxy) is 1. The molecule has 1 aromatic carbocycles. The number of carboxylic acids is 1. The first kappa shape index (κ1) is 20.7. The van der Waals surface area contributed by atoms with Gasteiger partial charge >= 0.3 is 5.97 Å². The van der Waals surface area contributed by atoms with Gasteiger partial charge in [0, 0.05) is 12.0 Å². The molecule has 2 aromatic rings. The molecule has 0 saturated heterocycles. The fourth-order valence-electron chi connectivity index (χ4n) is 3.52. The van der Waals surface area contributed by atoms with Gasteiger partial charge in [-0.15, -0.1) is 0 Å². The molecule has 1 aliphatic carbocycles. The third-order valence-electron chi connectivity index (χ3n) is 5.14. The van der Waals surface area contributed by atoms with E-state index in [4.69, 9.17) is 21.3 Å². The number of anilines is 1. The largest absolute Gasteiger partial charge is 0.481 e. The van der Waals surface area contributed by atoms with Crippen molar-refractivity contribution in [1.82, 2.24) is 9.97 Å². The van der Waals surface area contributed by atoms with Crippen LogP contribution in [0, 0.1) is 0 Å². The Morgan fingerprint density at radius 2 is 1.83 bits per heavy atom. The van der Waals surface area contributed by atoms with Gasteiger partial charge in [-0.2, -0.15) is 4.98 Å². The zero-order valence-corrected chi connectivity index (χ0v) is 16.5. The van der Waals surface area contributed by atoms with Crippen LogP contribution in [0.15, 0.2) is 35.6 Å². The summed E-state index contributed by atoms with van der Waals surface area (Å²) in [4.78, 5) is 21.9. The molecular weight excluding hydrogens is 370 g/mol. The van der Waals surface area contributed by atoms with E-state index in [0.717, 1.165) is 5.56 Å². The van der Waals surface area contributed by atoms with E-state index in [1.807, 2.05) is 0 Å². The smallest absolute Gasteiger partial charge is 0.303 e. The van der Waals surface area contributed by atoms with Crippen LogP contribution in [0.4, 0.5) is 11.5 Å². The van der Waals surface area contributed by atoms with Crippen molar-refractivity contribution in [1.29, 1.82) is 0 Å². The van der Waals surface area contributed by atoms with Crippen LogP contribution < -0.4 is 16.2 Å². The second kappa shape index (κ2) is 9.47. The first-order valence-electron chi connectivity index (χ1n) is 9.93. The van der Waals surface area contributed by atoms with Gasteiger partial charge in [-0.25, -0.2) is 9.98 Å². The SMILES string of the molecule is CCC(=O)O.Nc1ncnc2c1N=C(c1ccc(C3CCCCC3)cc1)C(N)O2. The Morgan fingerprint density at radius 3 is 2.45 bits per heavy atom. The van der Waals surface area contributed by atoms with Crippen molar-refractivity contribution < 1.29 is 14.6 Å². The summed E-state index contributed by atoms with van der Waals surface area (Å²) in [6.45, 7) is 1.60. The number of aromatic nitrogens is 2. The molecule has 0 amide bonds. The maximum absolute atomic E-state index is 9.37. The molecule has 1 saturated carbocycles. The predicted octanol–water partition coefficient (Wildman–Crippen LogP) is 3.39. The zero-order valence-electron chi connectivity index (χ0n) is 16.5. The first-order chi connectivity index (χ1) is 14.0. The van der Waals surface area contributed by atoms with Gasteiger partial charge in [0.15, 0.2) is 17.7 Å². The molecule has 154 valence electrons. The standard InChI is InChI=1S/C18H21N5O.C3H6O2/c19-16-15-18(22-10-21-16)24-17(20)14(23-15)13-8-6-12(7-9-13)11-4-2-1-3-5-11;1-2-3(4)5/h6-11,17H,1-5,20H2,(H2,19,21,22);2H2,1H3,(H,4,5). The average Bonchev–Trinajstić information content (AvgIpc) is 2.75. The molecule has 4 rings (SSSR count). The Bertz CT molecular complexity index is 876. The van der Waals surface area contributed by atoms with Crippen molar-refractivity contribution >= 4 is 23.2 Å². The molecular formula is C21H27N5O3. The summed E-state index contributed by atoms with van der Waals surface area (Å²) in [6, 6.07) is 8.50. The quantitative estimate of drug-likeness (QED) is 0.722. The number of carbonyl (C=O) groups is 1. The molecule has 1 aliphatic heterocycles. The van der Waals surface area contributed by atoms with Gasteiger partial charge in [-0.05, 0) is 24.3 Å². The number of nitrogens with two attached hydrogens (primary N) is 2. The number of hydrogen-bond acceptors (Lipinski definition) is 7. The molecule has 2 aliphatic rings. The lowest BCUT2D eigenvalue weighted by Crippen LogP contribution is -2.39. The average molecular weight is 397 g/mol. The minimum Gasteiger partial charge on any atom is -0.481 e. The number of nitrogen functional groups attached to an aromatic ring is 1. The second-order valence-electron chi connectivity index (χ2n) is 7.15. The Labute approximate surface area is 170 Å². The molecule has 1 atom stereocenters. The normalized spacial score (nSPS) is 18.6. The molecule has 5 N–H and O–H groups in total. The van der Waals surface area contributed by atoms with E-state index in [-0.39, 0.29) is 6.42 Å². The Kier molecular flexibility index (Phi) is 6.77. The monoisotopic (exact) mass is 397 g/mol. The fraction of sp³-hybridized carbons (Fsp3) is 0.429. The minimum atomic E-state index is -0.745. The lowest BCUT2D eigenvalue weighted by Gasteiger charge is -2.24. The summed E-state index contributed by atoms with van der Waals surface area (Å²) in [5, 5.41) is 7.72. The van der Waals surface area contributed by atoms with Crippen LogP contribution in [0.1, 0.15) is 62.5 Å². The minimum absolute atomic E-state index is 0.222. The summed E-state index contributed by atoms with van der Waals surface area (Å²) in [5.41, 5.74) is 15.4. The van der Waals surface area contributed by atoms with Gasteiger partial charge < -0.3 is 15.6 Å². The van der Waals surface area contributed by atoms with Crippen LogP contribution >= 0.6 is 0 Å². The Balaban J connectivity index is 0.000000431. The third kappa shape index (κ3) is 5.08. The Morgan fingerprint density at radius 1 is 1.17 bits per heavy atom. The Hall–Kier alpha value is -3.00. The summed E-state index contributed by atoms with van der Waals surface area (Å²) >= 11 is 0. The summed E-state index contributed by atoms with van der Waals surface area (Å²) in [7, 11) is 0. The number of nitrogens with zero attached hydrogens (tertiary/aromatic N) is 3. The molecule has 29 heavy (non-hydrogen) atoms. The summed E-state index contributed by atoms with van der Waals surface area (Å²) in [6.07, 6.45) is 7.49. The van der Waals surface area contributed by atoms with Gasteiger partial charge in [0.25, 0.3) is 0 Å². The maximum atomic E-state index is 9.37. The highest BCUT2D eigenvalue weighted by Gasteiger charge is 2.25. The van der Waals surface area contributed by atoms with Crippen LogP contribution in [-0.2, 0) is 4.79 Å². The molecule has 1 fully saturated rings. The van der Waals surface area contributed by atoms with E-state index in [1.165, 1.54) is 44.0 Å². The maximum Gasteiger partial charge on any atom is 0.303 e. The lowest BCUT2D eigenvalue weighted by atomic mass is 9.84. The summed E-state index contributed by atoms with van der Waals surface area (Å²) in [5.74, 6) is 0.557. The fourth-order valence-corrected chi connectivity index (χ4v) is 3.52. The number of fused-ring (bicyclic) bond motifs is 1. The van der Waals surface area contributed by atoms with Gasteiger partial charge in [-0.3, -0.25) is 10.5 Å². The number of carboxylic acid groups (broad SMARTS) is 1. The molecule has 1 aromatic heterocycles. The molecule has 0 bridgehead atoms. The lowest BCUT2D eigenvalue weighted by molar-refractivity contribution is -0.136. The van der Waals surface area contributed by atoms with E-state index in [2.05, 4.69) is 39.2 Å². The molecule has 2 heterocycles. The highest BCUT2D eigenvalue weighted by atomic mass is 16.5. The van der Waals surface area contributed by atoms with Crippen LogP contribution in [0.5, 0.6) is 5.88 Å². The van der Waals surface area contributed by atoms with E-state index < -0.39 is 12.2 Å². The van der Waals surface area contributed by atoms with Crippen molar-refractivity contribution in [2.75, 3.05) is 5.73 Å². The predicted molar refractivity (Wildman–Crippen MR) is 111 cm³/mol. The number of rotatable bonds is 3. The number of benzene rings is 1. The van der Waals surface area contributed by atoms with Crippen LogP contribution in [0.3, 0.4) is 0 Å². The van der Waals surface area contributed by atoms with Crippen molar-refractivity contribution in [2.24, 2.45) is 10.7 Å². The van der Waals surface area contributed by atoms with Crippen molar-refractivity contribution in [2.45, 2.75) is 57.6 Å². The topological polar surface area (TPSA) is 137 Å². The van der Waals surface area contributed by atoms with Gasteiger partial charge in [0.1, 0.15) is 12.0 Å². The molecule has 1 unspecified atom stereocenters. The molecule has 8 heteroatoms. The second-order valence-corrected chi connectivity index (χ2v) is 7.15. The molecule has 8 nitrogen and oxygen atoms in total. The highest BCUT2D eigenvalue weighted by molar-refractivity contribution is 6.06. The van der Waals surface area contributed by atoms with E-state index in [0.29, 0.717) is 29.0 Å². The van der Waals surface area contributed by atoms with Crippen LogP contribution in [-0.4, -0.2) is 33.0 Å². The summed E-state index contributed by atoms with van der Waals surface area (Å²) < 4.78 is 5.64. The van der Waals surface area contributed by atoms with Crippen molar-refractivity contribution in [3.8, 4) is 5.88 Å². The van der Waals surface area contributed by atoms with Crippen molar-refractivity contribution in [3.63, 3.8) is 0 Å². The zero-order chi connectivity index (χ0) is 20.8. The molecule has 0 radical (unpaired) electrons. The van der Waals surface area contributed by atoms with Gasteiger partial charge in [0.2, 0.25) is 5.88 Å². The van der Waals surface area contributed by atoms with Crippen LogP contribution in [0.25, 0.3) is 0 Å². The third-order valence-corrected chi connectivity index (χ3v) is 5.14. The number of aliphatic imine (C=N–C) groups is 1. The number of hydrogen-bond donors (Lipinski definition) is 3. The number of aliphatic carboxylic acids is 1. The van der Waals surface area contributed by atoms with E-state index >= 15 is 0 Å². The van der Waals surface area contributed by atoms with E-state index in [1.54, 1.807) is 6.92 Å². The molecule has 0 spiro atoms. The highest BCUT2D eigenvalue weighted by Crippen LogP contribution is 2.35. The van der Waals surface area contributed by atoms with Gasteiger partial charge in [0.05, 0.1) is 0 Å². The van der Waals surface area contributed by atoms with Crippen molar-refractivity contribution in [3.05, 3.63) is 41.7 Å². The van der Waals surface area contributed by atoms with E-state index in [9.17, 15) is 4.79 Å².